The van der Waals surface area contributed by atoms with Crippen LogP contribution in [0, 0.1) is 34.5 Å². The molecule has 164 valence electrons. The second-order valence-corrected chi connectivity index (χ2v) is 9.52. The van der Waals surface area contributed by atoms with E-state index >= 15 is 0 Å². The molecule has 4 aliphatic rings. The number of benzene rings is 1. The number of carbonyl (C=O) groups excluding carboxylic acids is 3. The van der Waals surface area contributed by atoms with Gasteiger partial charge in [0.05, 0.1) is 18.1 Å². The van der Waals surface area contributed by atoms with E-state index in [1.165, 1.54) is 26.2 Å². The van der Waals surface area contributed by atoms with Crippen molar-refractivity contribution < 1.29 is 19.1 Å². The molecule has 0 aliphatic heterocycles. The maximum Gasteiger partial charge on any atom is 0.308 e. The first-order valence-corrected chi connectivity index (χ1v) is 11.2. The molecule has 0 spiro atoms. The highest BCUT2D eigenvalue weighted by molar-refractivity contribution is 5.95. The van der Waals surface area contributed by atoms with Crippen molar-refractivity contribution in [1.29, 1.82) is 5.26 Å². The highest BCUT2D eigenvalue weighted by Gasteiger charge is 2.54. The number of rotatable bonds is 7. The van der Waals surface area contributed by atoms with Gasteiger partial charge in [0, 0.05) is 17.6 Å². The van der Waals surface area contributed by atoms with Gasteiger partial charge in [0.2, 0.25) is 5.91 Å². The van der Waals surface area contributed by atoms with E-state index in [0.29, 0.717) is 29.0 Å². The highest BCUT2D eigenvalue weighted by atomic mass is 16.5. The number of nitriles is 1. The van der Waals surface area contributed by atoms with Crippen molar-refractivity contribution in [3.8, 4) is 6.07 Å². The van der Waals surface area contributed by atoms with E-state index in [4.69, 9.17) is 10.00 Å². The standard InChI is InChI=1S/C24H29N3O4/c1-15(22(29)27-20-4-2-3-16(10-20)14-25)31-21(28)5-6-26-23(30)24-11-17-7-18(12-24)9-19(8-17)13-24/h2-4,10,15,17-19H,5-9,11-13H2,1H3,(H,26,30)(H,27,29)/t15-,17?,18?,19?,24?/m1/s1. The second-order valence-electron chi connectivity index (χ2n) is 9.52. The van der Waals surface area contributed by atoms with Crippen molar-refractivity contribution in [1.82, 2.24) is 5.32 Å². The van der Waals surface area contributed by atoms with E-state index in [1.54, 1.807) is 24.3 Å². The van der Waals surface area contributed by atoms with Gasteiger partial charge in [-0.1, -0.05) is 6.07 Å². The van der Waals surface area contributed by atoms with E-state index < -0.39 is 18.0 Å². The maximum absolute atomic E-state index is 12.9. The van der Waals surface area contributed by atoms with E-state index in [0.717, 1.165) is 19.3 Å². The fourth-order valence-electron chi connectivity index (χ4n) is 6.07. The van der Waals surface area contributed by atoms with E-state index in [1.807, 2.05) is 6.07 Å². The largest absolute Gasteiger partial charge is 0.452 e. The van der Waals surface area contributed by atoms with Gasteiger partial charge in [0.1, 0.15) is 0 Å². The molecule has 5 rings (SSSR count). The van der Waals surface area contributed by atoms with Crippen LogP contribution in [0.25, 0.3) is 0 Å². The lowest BCUT2D eigenvalue weighted by molar-refractivity contribution is -0.153. The molecule has 4 bridgehead atoms. The van der Waals surface area contributed by atoms with Gasteiger partial charge in [0.25, 0.3) is 5.91 Å². The molecule has 7 nitrogen and oxygen atoms in total. The zero-order chi connectivity index (χ0) is 22.0. The molecule has 7 heteroatoms. The summed E-state index contributed by atoms with van der Waals surface area (Å²) < 4.78 is 5.20. The van der Waals surface area contributed by atoms with Gasteiger partial charge in [0.15, 0.2) is 6.10 Å². The Kier molecular flexibility index (Phi) is 5.99. The Bertz CT molecular complexity index is 884. The maximum atomic E-state index is 12.9. The summed E-state index contributed by atoms with van der Waals surface area (Å²) in [6.07, 6.45) is 5.84. The Morgan fingerprint density at radius 1 is 1.16 bits per heavy atom. The third-order valence-electron chi connectivity index (χ3n) is 7.07. The zero-order valence-electron chi connectivity index (χ0n) is 17.9. The molecule has 0 heterocycles. The fourth-order valence-corrected chi connectivity index (χ4v) is 6.07. The van der Waals surface area contributed by atoms with E-state index in [-0.39, 0.29) is 24.3 Å². The number of hydrogen-bond acceptors (Lipinski definition) is 5. The molecule has 0 saturated heterocycles. The van der Waals surface area contributed by atoms with Crippen molar-refractivity contribution >= 4 is 23.5 Å². The number of ether oxygens (including phenoxy) is 1. The summed E-state index contributed by atoms with van der Waals surface area (Å²) in [6, 6.07) is 8.51. The van der Waals surface area contributed by atoms with Gasteiger partial charge in [-0.2, -0.15) is 5.26 Å². The number of hydrogen-bond donors (Lipinski definition) is 2. The Labute approximate surface area is 182 Å². The molecule has 2 amide bonds. The second kappa shape index (κ2) is 8.70. The molecule has 4 fully saturated rings. The quantitative estimate of drug-likeness (QED) is 0.655. The normalized spacial score (nSPS) is 29.0. The van der Waals surface area contributed by atoms with Gasteiger partial charge >= 0.3 is 5.97 Å². The van der Waals surface area contributed by atoms with Crippen molar-refractivity contribution in [2.75, 3.05) is 11.9 Å². The van der Waals surface area contributed by atoms with Crippen LogP contribution in [-0.2, 0) is 19.1 Å². The van der Waals surface area contributed by atoms with Crippen LogP contribution < -0.4 is 10.6 Å². The van der Waals surface area contributed by atoms with Crippen molar-refractivity contribution in [3.05, 3.63) is 29.8 Å². The van der Waals surface area contributed by atoms with Crippen LogP contribution in [0.3, 0.4) is 0 Å². The summed E-state index contributed by atoms with van der Waals surface area (Å²) in [5.74, 6) is 1.16. The molecular weight excluding hydrogens is 394 g/mol. The summed E-state index contributed by atoms with van der Waals surface area (Å²) >= 11 is 0. The zero-order valence-corrected chi connectivity index (χ0v) is 17.9. The minimum absolute atomic E-state index is 0.0274. The summed E-state index contributed by atoms with van der Waals surface area (Å²) in [5, 5.41) is 14.5. The Balaban J connectivity index is 1.21. The monoisotopic (exact) mass is 423 g/mol. The summed E-state index contributed by atoms with van der Waals surface area (Å²) in [7, 11) is 0. The number of amides is 2. The molecule has 31 heavy (non-hydrogen) atoms. The molecule has 1 aromatic rings. The minimum Gasteiger partial charge on any atom is -0.452 e. The van der Waals surface area contributed by atoms with Crippen molar-refractivity contribution in [2.45, 2.75) is 58.0 Å². The molecule has 4 aliphatic carbocycles. The summed E-state index contributed by atoms with van der Waals surface area (Å²) in [6.45, 7) is 1.72. The van der Waals surface area contributed by atoms with E-state index in [9.17, 15) is 14.4 Å². The Morgan fingerprint density at radius 2 is 1.81 bits per heavy atom. The third-order valence-corrected chi connectivity index (χ3v) is 7.07. The van der Waals surface area contributed by atoms with Gasteiger partial charge in [-0.25, -0.2) is 0 Å². The van der Waals surface area contributed by atoms with Crippen LogP contribution in [0.2, 0.25) is 0 Å². The lowest BCUT2D eigenvalue weighted by Gasteiger charge is -2.55. The van der Waals surface area contributed by atoms with Crippen LogP contribution in [0.1, 0.15) is 57.4 Å². The Hall–Kier alpha value is -2.88. The van der Waals surface area contributed by atoms with Crippen LogP contribution >= 0.6 is 0 Å². The summed E-state index contributed by atoms with van der Waals surface area (Å²) in [5.41, 5.74) is 0.663. The Morgan fingerprint density at radius 3 is 2.42 bits per heavy atom. The van der Waals surface area contributed by atoms with Crippen LogP contribution in [-0.4, -0.2) is 30.4 Å². The van der Waals surface area contributed by atoms with Crippen LogP contribution in [0.5, 0.6) is 0 Å². The first kappa shape index (κ1) is 21.4. The predicted molar refractivity (Wildman–Crippen MR) is 114 cm³/mol. The lowest BCUT2D eigenvalue weighted by atomic mass is 9.49. The smallest absolute Gasteiger partial charge is 0.308 e. The molecular formula is C24H29N3O4. The summed E-state index contributed by atoms with van der Waals surface area (Å²) in [4.78, 5) is 37.3. The number of nitrogens with one attached hydrogen (secondary N) is 2. The lowest BCUT2D eigenvalue weighted by Crippen LogP contribution is -2.53. The van der Waals surface area contributed by atoms with Gasteiger partial charge < -0.3 is 15.4 Å². The van der Waals surface area contributed by atoms with Crippen molar-refractivity contribution in [2.24, 2.45) is 23.2 Å². The van der Waals surface area contributed by atoms with E-state index in [2.05, 4.69) is 10.6 Å². The van der Waals surface area contributed by atoms with Gasteiger partial charge in [-0.05, 0) is 81.4 Å². The fraction of sp³-hybridized carbons (Fsp3) is 0.583. The number of anilines is 1. The van der Waals surface area contributed by atoms with Gasteiger partial charge in [-0.3, -0.25) is 14.4 Å². The average Bonchev–Trinajstić information content (AvgIpc) is 2.72. The molecule has 1 aromatic carbocycles. The highest BCUT2D eigenvalue weighted by Crippen LogP contribution is 2.60. The predicted octanol–water partition coefficient (Wildman–Crippen LogP) is 3.15. The SMILES string of the molecule is C[C@@H](OC(=O)CCNC(=O)C12CC3CC(CC(C3)C1)C2)C(=O)Nc1cccc(C#N)c1. The first-order valence-electron chi connectivity index (χ1n) is 11.2. The molecule has 0 aromatic heterocycles. The average molecular weight is 424 g/mol. The number of esters is 1. The molecule has 0 radical (unpaired) electrons. The van der Waals surface area contributed by atoms with Crippen LogP contribution in [0.4, 0.5) is 5.69 Å². The topological polar surface area (TPSA) is 108 Å². The van der Waals surface area contributed by atoms with Gasteiger partial charge in [-0.15, -0.1) is 0 Å². The van der Waals surface area contributed by atoms with Crippen LogP contribution in [0.15, 0.2) is 24.3 Å². The first-order chi connectivity index (χ1) is 14.9. The molecule has 0 unspecified atom stereocenters. The number of carbonyl (C=O) groups is 3. The number of nitrogens with zero attached hydrogens (tertiary/aromatic N) is 1. The third kappa shape index (κ3) is 4.73. The molecule has 2 N–H and O–H groups in total. The minimum atomic E-state index is -0.975. The van der Waals surface area contributed by atoms with Crippen molar-refractivity contribution in [3.63, 3.8) is 0 Å². The molecule has 1 atom stereocenters. The molecule has 4 saturated carbocycles.